The van der Waals surface area contributed by atoms with Gasteiger partial charge in [-0.05, 0) is 49.2 Å². The first kappa shape index (κ1) is 19.6. The number of imide groups is 1. The summed E-state index contributed by atoms with van der Waals surface area (Å²) in [6.45, 7) is 3.01. The van der Waals surface area contributed by atoms with Crippen LogP contribution in [0.1, 0.15) is 19.4 Å². The van der Waals surface area contributed by atoms with Crippen molar-refractivity contribution in [2.24, 2.45) is 0 Å². The molecule has 142 valence electrons. The molecule has 0 unspecified atom stereocenters. The van der Waals surface area contributed by atoms with Crippen LogP contribution >= 0.6 is 11.8 Å². The Balaban J connectivity index is 1.56. The Labute approximate surface area is 167 Å². The number of Topliss-reactive ketones (excluding diaryl/α,β-unsaturated/α-hetero) is 1. The Morgan fingerprint density at radius 3 is 2.14 bits per heavy atom. The number of nitriles is 1. The average molecular weight is 393 g/mol. The van der Waals surface area contributed by atoms with E-state index in [9.17, 15) is 14.4 Å². The lowest BCUT2D eigenvalue weighted by Gasteiger charge is -2.15. The standard InChI is InChI=1S/C21H19N3O3S/c1-21(2)19(26)24(20(27)23-21)12-17(25)13-28-18-9-7-16(8-10-18)15-5-3-14(11-22)4-6-15/h3-10H,12-13H2,1-2H3,(H,23,27). The van der Waals surface area contributed by atoms with Crippen molar-refractivity contribution < 1.29 is 14.4 Å². The third-order valence-corrected chi connectivity index (χ3v) is 5.45. The lowest BCUT2D eigenvalue weighted by atomic mass is 10.0. The maximum atomic E-state index is 12.2. The number of ketones is 1. The number of rotatable bonds is 6. The number of carbonyl (C=O) groups excluding carboxylic acids is 3. The molecule has 1 heterocycles. The van der Waals surface area contributed by atoms with Gasteiger partial charge >= 0.3 is 6.03 Å². The molecule has 6 nitrogen and oxygen atoms in total. The highest BCUT2D eigenvalue weighted by atomic mass is 32.2. The molecule has 1 saturated heterocycles. The summed E-state index contributed by atoms with van der Waals surface area (Å²) in [5, 5.41) is 11.4. The SMILES string of the molecule is CC1(C)NC(=O)N(CC(=O)CSc2ccc(-c3ccc(C#N)cc3)cc2)C1=O. The van der Waals surface area contributed by atoms with Crippen molar-refractivity contribution in [3.05, 3.63) is 54.1 Å². The van der Waals surface area contributed by atoms with Crippen molar-refractivity contribution in [1.29, 1.82) is 5.26 Å². The number of nitrogens with one attached hydrogen (secondary N) is 1. The van der Waals surface area contributed by atoms with Crippen molar-refractivity contribution in [1.82, 2.24) is 10.2 Å². The van der Waals surface area contributed by atoms with Crippen LogP contribution < -0.4 is 5.32 Å². The topological polar surface area (TPSA) is 90.3 Å². The number of hydrogen-bond donors (Lipinski definition) is 1. The van der Waals surface area contributed by atoms with Gasteiger partial charge in [0.2, 0.25) is 0 Å². The van der Waals surface area contributed by atoms with Crippen LogP contribution in [0.2, 0.25) is 0 Å². The molecule has 0 aliphatic carbocycles. The van der Waals surface area contributed by atoms with Gasteiger partial charge in [0.25, 0.3) is 5.91 Å². The maximum absolute atomic E-state index is 12.2. The first-order valence-corrected chi connectivity index (χ1v) is 9.68. The minimum atomic E-state index is -0.966. The van der Waals surface area contributed by atoms with Crippen LogP contribution in [0.4, 0.5) is 4.79 Å². The summed E-state index contributed by atoms with van der Waals surface area (Å²) in [7, 11) is 0. The Kier molecular flexibility index (Phi) is 5.52. The number of nitrogens with zero attached hydrogens (tertiary/aromatic N) is 2. The molecule has 0 spiro atoms. The minimum absolute atomic E-state index is 0.174. The first-order valence-electron chi connectivity index (χ1n) is 8.69. The highest BCUT2D eigenvalue weighted by Crippen LogP contribution is 2.25. The fourth-order valence-corrected chi connectivity index (χ4v) is 3.58. The van der Waals surface area contributed by atoms with Crippen LogP contribution in [0.15, 0.2) is 53.4 Å². The van der Waals surface area contributed by atoms with E-state index in [1.54, 1.807) is 26.0 Å². The summed E-state index contributed by atoms with van der Waals surface area (Å²) in [4.78, 5) is 38.1. The van der Waals surface area contributed by atoms with Gasteiger partial charge in [-0.3, -0.25) is 14.5 Å². The summed E-state index contributed by atoms with van der Waals surface area (Å²) in [5.74, 6) is -0.404. The molecule has 7 heteroatoms. The molecule has 0 radical (unpaired) electrons. The summed E-state index contributed by atoms with van der Waals surface area (Å²) >= 11 is 1.36. The lowest BCUT2D eigenvalue weighted by molar-refractivity contribution is -0.133. The molecule has 0 atom stereocenters. The Hall–Kier alpha value is -3.11. The molecule has 0 saturated carbocycles. The van der Waals surface area contributed by atoms with Gasteiger partial charge in [-0.2, -0.15) is 5.26 Å². The van der Waals surface area contributed by atoms with Crippen molar-refractivity contribution in [3.63, 3.8) is 0 Å². The van der Waals surface area contributed by atoms with Gasteiger partial charge in [0.15, 0.2) is 5.78 Å². The second-order valence-electron chi connectivity index (χ2n) is 6.99. The smallest absolute Gasteiger partial charge is 0.324 e. The molecular formula is C21H19N3O3S. The van der Waals surface area contributed by atoms with Crippen molar-refractivity contribution in [3.8, 4) is 17.2 Å². The number of urea groups is 1. The largest absolute Gasteiger partial charge is 0.325 e. The third-order valence-electron chi connectivity index (χ3n) is 4.38. The molecular weight excluding hydrogens is 374 g/mol. The molecule has 3 amide bonds. The van der Waals surface area contributed by atoms with E-state index in [4.69, 9.17) is 5.26 Å². The van der Waals surface area contributed by atoms with Gasteiger partial charge in [0, 0.05) is 4.90 Å². The Bertz CT molecular complexity index is 960. The van der Waals surface area contributed by atoms with Gasteiger partial charge in [0.1, 0.15) is 5.54 Å². The Morgan fingerprint density at radius 1 is 1.07 bits per heavy atom. The van der Waals surface area contributed by atoms with Crippen LogP contribution in [-0.2, 0) is 9.59 Å². The number of benzene rings is 2. The molecule has 1 aliphatic heterocycles. The van der Waals surface area contributed by atoms with E-state index in [0.29, 0.717) is 5.56 Å². The highest BCUT2D eigenvalue weighted by molar-refractivity contribution is 8.00. The van der Waals surface area contributed by atoms with Crippen LogP contribution in [0.25, 0.3) is 11.1 Å². The second-order valence-corrected chi connectivity index (χ2v) is 8.04. The van der Waals surface area contributed by atoms with Gasteiger partial charge in [-0.25, -0.2) is 4.79 Å². The van der Waals surface area contributed by atoms with E-state index in [0.717, 1.165) is 20.9 Å². The summed E-state index contributed by atoms with van der Waals surface area (Å²) in [6, 6.07) is 16.6. The van der Waals surface area contributed by atoms with Gasteiger partial charge in [-0.1, -0.05) is 24.3 Å². The van der Waals surface area contributed by atoms with Gasteiger partial charge in [-0.15, -0.1) is 11.8 Å². The lowest BCUT2D eigenvalue weighted by Crippen LogP contribution is -2.41. The van der Waals surface area contributed by atoms with Crippen LogP contribution in [0.5, 0.6) is 0 Å². The van der Waals surface area contributed by atoms with E-state index in [2.05, 4.69) is 11.4 Å². The quantitative estimate of drug-likeness (QED) is 0.601. The predicted octanol–water partition coefficient (Wildman–Crippen LogP) is 3.22. The number of hydrogen-bond acceptors (Lipinski definition) is 5. The van der Waals surface area contributed by atoms with E-state index in [1.807, 2.05) is 36.4 Å². The van der Waals surface area contributed by atoms with Crippen molar-refractivity contribution in [2.75, 3.05) is 12.3 Å². The minimum Gasteiger partial charge on any atom is -0.324 e. The summed E-state index contributed by atoms with van der Waals surface area (Å²) in [6.07, 6.45) is 0. The van der Waals surface area contributed by atoms with Crippen LogP contribution in [-0.4, -0.2) is 40.5 Å². The molecule has 2 aromatic carbocycles. The molecule has 1 aliphatic rings. The normalized spacial score (nSPS) is 15.2. The fraction of sp³-hybridized carbons (Fsp3) is 0.238. The molecule has 0 aromatic heterocycles. The number of amides is 3. The molecule has 0 bridgehead atoms. The molecule has 1 N–H and O–H groups in total. The molecule has 28 heavy (non-hydrogen) atoms. The molecule has 2 aromatic rings. The van der Waals surface area contributed by atoms with Crippen molar-refractivity contribution in [2.45, 2.75) is 24.3 Å². The van der Waals surface area contributed by atoms with Crippen LogP contribution in [0.3, 0.4) is 0 Å². The van der Waals surface area contributed by atoms with Crippen LogP contribution in [0, 0.1) is 11.3 Å². The fourth-order valence-electron chi connectivity index (χ4n) is 2.83. The second kappa shape index (κ2) is 7.87. The van der Waals surface area contributed by atoms with E-state index in [-0.39, 0.29) is 24.0 Å². The zero-order valence-electron chi connectivity index (χ0n) is 15.6. The summed E-state index contributed by atoms with van der Waals surface area (Å²) in [5.41, 5.74) is 1.67. The summed E-state index contributed by atoms with van der Waals surface area (Å²) < 4.78 is 0. The first-order chi connectivity index (χ1) is 13.3. The zero-order chi connectivity index (χ0) is 20.3. The molecule has 3 rings (SSSR count). The zero-order valence-corrected chi connectivity index (χ0v) is 16.4. The Morgan fingerprint density at radius 2 is 1.64 bits per heavy atom. The third kappa shape index (κ3) is 4.24. The van der Waals surface area contributed by atoms with Gasteiger partial charge < -0.3 is 5.32 Å². The van der Waals surface area contributed by atoms with E-state index < -0.39 is 11.6 Å². The number of carbonyl (C=O) groups is 3. The van der Waals surface area contributed by atoms with Crippen molar-refractivity contribution >= 4 is 29.5 Å². The monoisotopic (exact) mass is 393 g/mol. The number of thioether (sulfide) groups is 1. The predicted molar refractivity (Wildman–Crippen MR) is 107 cm³/mol. The maximum Gasteiger partial charge on any atom is 0.325 e. The average Bonchev–Trinajstić information content (AvgIpc) is 2.88. The molecule has 1 fully saturated rings. The van der Waals surface area contributed by atoms with Gasteiger partial charge in [0.05, 0.1) is 23.9 Å². The van der Waals surface area contributed by atoms with E-state index in [1.165, 1.54) is 11.8 Å². The van der Waals surface area contributed by atoms with E-state index >= 15 is 0 Å². The highest BCUT2D eigenvalue weighted by Gasteiger charge is 2.44.